The highest BCUT2D eigenvalue weighted by molar-refractivity contribution is 7.91. The summed E-state index contributed by atoms with van der Waals surface area (Å²) in [6.45, 7) is 4.26. The van der Waals surface area contributed by atoms with Crippen LogP contribution in [-0.4, -0.2) is 76.8 Å². The number of benzene rings is 1. The van der Waals surface area contributed by atoms with E-state index in [4.69, 9.17) is 0 Å². The van der Waals surface area contributed by atoms with Crippen molar-refractivity contribution in [1.29, 1.82) is 0 Å². The van der Waals surface area contributed by atoms with E-state index in [0.29, 0.717) is 38.5 Å². The second kappa shape index (κ2) is 8.39. The lowest BCUT2D eigenvalue weighted by molar-refractivity contribution is -0.135. The Bertz CT molecular complexity index is 1090. The van der Waals surface area contributed by atoms with Crippen molar-refractivity contribution >= 4 is 21.8 Å². The third-order valence-corrected chi connectivity index (χ3v) is 7.48. The molecule has 3 heterocycles. The van der Waals surface area contributed by atoms with Gasteiger partial charge in [0.2, 0.25) is 5.91 Å². The highest BCUT2D eigenvalue weighted by Gasteiger charge is 2.35. The van der Waals surface area contributed by atoms with Gasteiger partial charge in [-0.1, -0.05) is 0 Å². The number of aromatic nitrogens is 2. The SMILES string of the molecule is Cc1ncc2n1C(=O)N(N1CCN(C(=O)CCCS(=O)(=O)c3ccc(F)cc3)CC1)C2. The maximum Gasteiger partial charge on any atom is 0.344 e. The Morgan fingerprint density at radius 2 is 1.81 bits per heavy atom. The Hall–Kier alpha value is -2.79. The maximum atomic E-state index is 13.0. The van der Waals surface area contributed by atoms with Gasteiger partial charge in [0, 0.05) is 32.6 Å². The van der Waals surface area contributed by atoms with E-state index in [0.717, 1.165) is 17.8 Å². The van der Waals surface area contributed by atoms with Gasteiger partial charge in [-0.25, -0.2) is 32.2 Å². The molecule has 1 aromatic heterocycles. The fraction of sp³-hybridized carbons (Fsp3) is 0.450. The smallest absolute Gasteiger partial charge is 0.340 e. The van der Waals surface area contributed by atoms with Crippen molar-refractivity contribution in [2.24, 2.45) is 0 Å². The molecule has 0 saturated carbocycles. The summed E-state index contributed by atoms with van der Waals surface area (Å²) in [5.74, 6) is -0.109. The molecule has 1 aromatic carbocycles. The van der Waals surface area contributed by atoms with Crippen LogP contribution in [0.3, 0.4) is 0 Å². The largest absolute Gasteiger partial charge is 0.344 e. The molecule has 0 N–H and O–H groups in total. The van der Waals surface area contributed by atoms with Crippen molar-refractivity contribution in [2.45, 2.75) is 31.2 Å². The molecule has 1 fully saturated rings. The van der Waals surface area contributed by atoms with Crippen molar-refractivity contribution in [1.82, 2.24) is 24.5 Å². The van der Waals surface area contributed by atoms with Gasteiger partial charge >= 0.3 is 6.03 Å². The molecule has 9 nitrogen and oxygen atoms in total. The van der Waals surface area contributed by atoms with Gasteiger partial charge in [0.1, 0.15) is 11.6 Å². The minimum atomic E-state index is -3.55. The van der Waals surface area contributed by atoms with E-state index in [2.05, 4.69) is 4.98 Å². The third-order valence-electron chi connectivity index (χ3n) is 5.66. The van der Waals surface area contributed by atoms with Crippen LogP contribution in [0.25, 0.3) is 0 Å². The van der Waals surface area contributed by atoms with Crippen LogP contribution in [0.15, 0.2) is 35.4 Å². The number of rotatable bonds is 6. The minimum absolute atomic E-state index is 0.0566. The third kappa shape index (κ3) is 4.33. The summed E-state index contributed by atoms with van der Waals surface area (Å²) in [6, 6.07) is 4.56. The average Bonchev–Trinajstić information content (AvgIpc) is 3.28. The number of aryl methyl sites for hydroxylation is 1. The summed E-state index contributed by atoms with van der Waals surface area (Å²) in [5, 5.41) is 3.62. The number of amides is 2. The predicted molar refractivity (Wildman–Crippen MR) is 109 cm³/mol. The second-order valence-electron chi connectivity index (χ2n) is 7.68. The fourth-order valence-corrected chi connectivity index (χ4v) is 5.25. The molecule has 1 saturated heterocycles. The standard InChI is InChI=1S/C20H24FN5O4S/c1-15-22-13-17-14-25(20(28)26(15)17)24-10-8-23(9-11-24)19(27)3-2-12-31(29,30)18-6-4-16(21)5-7-18/h4-7,13H,2-3,8-12,14H2,1H3. The summed E-state index contributed by atoms with van der Waals surface area (Å²) >= 11 is 0. The lowest BCUT2D eigenvalue weighted by Crippen LogP contribution is -2.55. The van der Waals surface area contributed by atoms with Gasteiger partial charge < -0.3 is 4.90 Å². The first-order valence-electron chi connectivity index (χ1n) is 10.1. The second-order valence-corrected chi connectivity index (χ2v) is 9.79. The topological polar surface area (TPSA) is 95.8 Å². The zero-order valence-electron chi connectivity index (χ0n) is 17.2. The Morgan fingerprint density at radius 3 is 2.45 bits per heavy atom. The van der Waals surface area contributed by atoms with Crippen molar-refractivity contribution in [2.75, 3.05) is 31.9 Å². The van der Waals surface area contributed by atoms with Gasteiger partial charge in [-0.3, -0.25) is 9.80 Å². The fourth-order valence-electron chi connectivity index (χ4n) is 3.94. The molecular weight excluding hydrogens is 425 g/mol. The molecule has 4 rings (SSSR count). The molecular formula is C20H24FN5O4S. The van der Waals surface area contributed by atoms with Crippen LogP contribution in [0.5, 0.6) is 0 Å². The van der Waals surface area contributed by atoms with E-state index in [-0.39, 0.29) is 35.4 Å². The Balaban J connectivity index is 1.24. The summed E-state index contributed by atoms with van der Waals surface area (Å²) < 4.78 is 39.2. The number of sulfone groups is 1. The van der Waals surface area contributed by atoms with E-state index < -0.39 is 15.7 Å². The number of fused-ring (bicyclic) bond motifs is 1. The molecule has 2 aliphatic heterocycles. The zero-order valence-corrected chi connectivity index (χ0v) is 18.0. The van der Waals surface area contributed by atoms with Gasteiger partial charge in [-0.2, -0.15) is 0 Å². The van der Waals surface area contributed by atoms with Crippen molar-refractivity contribution in [3.8, 4) is 0 Å². The molecule has 0 unspecified atom stereocenters. The molecule has 2 aliphatic rings. The van der Waals surface area contributed by atoms with E-state index in [1.807, 2.05) is 5.01 Å². The first-order valence-corrected chi connectivity index (χ1v) is 11.8. The van der Waals surface area contributed by atoms with Gasteiger partial charge in [-0.05, 0) is 37.6 Å². The van der Waals surface area contributed by atoms with Gasteiger partial charge in [-0.15, -0.1) is 0 Å². The number of hydrazine groups is 1. The zero-order chi connectivity index (χ0) is 22.2. The average molecular weight is 450 g/mol. The van der Waals surface area contributed by atoms with Crippen LogP contribution in [-0.2, 0) is 21.2 Å². The van der Waals surface area contributed by atoms with Gasteiger partial charge in [0.25, 0.3) is 0 Å². The monoisotopic (exact) mass is 449 g/mol. The van der Waals surface area contributed by atoms with E-state index in [1.165, 1.54) is 12.1 Å². The number of hydrogen-bond donors (Lipinski definition) is 0. The normalized spacial score (nSPS) is 17.3. The summed E-state index contributed by atoms with van der Waals surface area (Å²) in [6.07, 6.45) is 2.03. The van der Waals surface area contributed by atoms with Crippen LogP contribution >= 0.6 is 0 Å². The molecule has 0 aliphatic carbocycles. The highest BCUT2D eigenvalue weighted by atomic mass is 32.2. The highest BCUT2D eigenvalue weighted by Crippen LogP contribution is 2.21. The Kier molecular flexibility index (Phi) is 5.80. The van der Waals surface area contributed by atoms with Crippen LogP contribution in [0, 0.1) is 12.7 Å². The first-order chi connectivity index (χ1) is 14.8. The first kappa shape index (κ1) is 21.4. The van der Waals surface area contributed by atoms with Crippen LogP contribution < -0.4 is 0 Å². The molecule has 2 amide bonds. The lowest BCUT2D eigenvalue weighted by atomic mass is 10.2. The summed E-state index contributed by atoms with van der Waals surface area (Å²) in [5.41, 5.74) is 0.850. The number of nitrogens with zero attached hydrogens (tertiary/aromatic N) is 5. The molecule has 0 radical (unpaired) electrons. The number of halogens is 1. The predicted octanol–water partition coefficient (Wildman–Crippen LogP) is 1.43. The van der Waals surface area contributed by atoms with Crippen molar-refractivity contribution < 1.29 is 22.4 Å². The molecule has 166 valence electrons. The van der Waals surface area contributed by atoms with Crippen LogP contribution in [0.2, 0.25) is 0 Å². The Morgan fingerprint density at radius 1 is 1.13 bits per heavy atom. The molecule has 0 atom stereocenters. The van der Waals surface area contributed by atoms with E-state index >= 15 is 0 Å². The summed E-state index contributed by atoms with van der Waals surface area (Å²) in [4.78, 5) is 31.0. The van der Waals surface area contributed by atoms with Crippen molar-refractivity contribution in [3.63, 3.8) is 0 Å². The number of hydrogen-bond acceptors (Lipinski definition) is 6. The quantitative estimate of drug-likeness (QED) is 0.619. The molecule has 0 bridgehead atoms. The molecule has 0 spiro atoms. The van der Waals surface area contributed by atoms with Crippen molar-refractivity contribution in [3.05, 3.63) is 47.8 Å². The van der Waals surface area contributed by atoms with Crippen LogP contribution in [0.4, 0.5) is 9.18 Å². The van der Waals surface area contributed by atoms with E-state index in [9.17, 15) is 22.4 Å². The lowest BCUT2D eigenvalue weighted by Gasteiger charge is -2.38. The van der Waals surface area contributed by atoms with Gasteiger partial charge in [0.15, 0.2) is 9.84 Å². The van der Waals surface area contributed by atoms with Gasteiger partial charge in [0.05, 0.1) is 29.1 Å². The summed E-state index contributed by atoms with van der Waals surface area (Å²) in [7, 11) is -3.55. The number of carbonyl (C=O) groups excluding carboxylic acids is 2. The number of piperazine rings is 1. The minimum Gasteiger partial charge on any atom is -0.340 e. The molecule has 31 heavy (non-hydrogen) atoms. The Labute approximate surface area is 179 Å². The number of imidazole rings is 1. The molecule has 11 heteroatoms. The number of carbonyl (C=O) groups is 2. The maximum absolute atomic E-state index is 13.0. The molecule has 2 aromatic rings. The van der Waals surface area contributed by atoms with E-state index in [1.54, 1.807) is 27.6 Å². The van der Waals surface area contributed by atoms with Crippen LogP contribution in [0.1, 0.15) is 24.4 Å².